The predicted molar refractivity (Wildman–Crippen MR) is 72.3 cm³/mol. The summed E-state index contributed by atoms with van der Waals surface area (Å²) in [5.41, 5.74) is 6.46. The van der Waals surface area contributed by atoms with Crippen molar-refractivity contribution in [1.82, 2.24) is 15.0 Å². The summed E-state index contributed by atoms with van der Waals surface area (Å²) < 4.78 is 7.58. The van der Waals surface area contributed by atoms with E-state index in [2.05, 4.69) is 26.2 Å². The van der Waals surface area contributed by atoms with Gasteiger partial charge in [-0.3, -0.25) is 4.68 Å². The molecule has 19 heavy (non-hydrogen) atoms. The highest BCUT2D eigenvalue weighted by molar-refractivity contribution is 9.10. The summed E-state index contributed by atoms with van der Waals surface area (Å²) in [5.74, 6) is -0.501. The van der Waals surface area contributed by atoms with Crippen molar-refractivity contribution in [3.8, 4) is 0 Å². The number of rotatable bonds is 5. The fraction of sp³-hybridized carbons (Fsp3) is 0.250. The number of carbonyl (C=O) groups excluding carboxylic acids is 1. The summed E-state index contributed by atoms with van der Waals surface area (Å²) in [6.45, 7) is 1.14. The molecule has 7 heteroatoms. The van der Waals surface area contributed by atoms with Crippen LogP contribution >= 0.6 is 15.9 Å². The average Bonchev–Trinajstić information content (AvgIpc) is 2.87. The molecule has 100 valence electrons. The van der Waals surface area contributed by atoms with Gasteiger partial charge in [0.15, 0.2) is 5.69 Å². The Bertz CT molecular complexity index is 570. The zero-order chi connectivity index (χ0) is 13.7. The van der Waals surface area contributed by atoms with Crippen molar-refractivity contribution in [1.29, 1.82) is 0 Å². The molecule has 0 spiro atoms. The lowest BCUT2D eigenvalue weighted by atomic mass is 10.2. The van der Waals surface area contributed by atoms with Gasteiger partial charge in [0.05, 0.1) is 12.7 Å². The van der Waals surface area contributed by atoms with Crippen molar-refractivity contribution in [2.24, 2.45) is 5.73 Å². The normalized spacial score (nSPS) is 10.4. The van der Waals surface area contributed by atoms with E-state index in [-0.39, 0.29) is 12.3 Å². The fourth-order valence-corrected chi connectivity index (χ4v) is 1.87. The number of esters is 1. The Morgan fingerprint density at radius 1 is 1.42 bits per heavy atom. The Morgan fingerprint density at radius 3 is 2.95 bits per heavy atom. The number of halogens is 1. The molecule has 2 rings (SSSR count). The summed E-state index contributed by atoms with van der Waals surface area (Å²) in [7, 11) is 0. The molecular formula is C12H13BrN4O2. The van der Waals surface area contributed by atoms with Gasteiger partial charge in [0.1, 0.15) is 6.61 Å². The minimum Gasteiger partial charge on any atom is -0.456 e. The maximum Gasteiger partial charge on any atom is 0.360 e. The van der Waals surface area contributed by atoms with E-state index in [0.717, 1.165) is 10.0 Å². The zero-order valence-corrected chi connectivity index (χ0v) is 11.7. The van der Waals surface area contributed by atoms with Crippen molar-refractivity contribution in [2.45, 2.75) is 13.2 Å². The molecular weight excluding hydrogens is 312 g/mol. The molecule has 0 amide bonds. The first-order valence-electron chi connectivity index (χ1n) is 5.71. The molecule has 0 radical (unpaired) electrons. The third-order valence-electron chi connectivity index (χ3n) is 2.42. The van der Waals surface area contributed by atoms with E-state index < -0.39 is 5.97 Å². The molecule has 0 aliphatic rings. The Morgan fingerprint density at radius 2 is 2.21 bits per heavy atom. The van der Waals surface area contributed by atoms with Crippen LogP contribution in [0, 0.1) is 0 Å². The van der Waals surface area contributed by atoms with Gasteiger partial charge in [-0.25, -0.2) is 4.79 Å². The summed E-state index contributed by atoms with van der Waals surface area (Å²) in [5, 5.41) is 7.52. The van der Waals surface area contributed by atoms with Crippen LogP contribution in [0.3, 0.4) is 0 Å². The molecule has 0 aliphatic carbocycles. The summed E-state index contributed by atoms with van der Waals surface area (Å²) in [6.07, 6.45) is 1.52. The molecule has 0 fully saturated rings. The van der Waals surface area contributed by atoms with E-state index in [0.29, 0.717) is 13.1 Å². The third-order valence-corrected chi connectivity index (χ3v) is 3.20. The van der Waals surface area contributed by atoms with E-state index in [1.807, 2.05) is 24.3 Å². The highest BCUT2D eigenvalue weighted by atomic mass is 79.9. The molecule has 0 saturated carbocycles. The highest BCUT2D eigenvalue weighted by Gasteiger charge is 2.12. The number of aromatic nitrogens is 3. The predicted octanol–water partition coefficient (Wildman–Crippen LogP) is 1.36. The molecule has 1 aromatic heterocycles. The van der Waals surface area contributed by atoms with Gasteiger partial charge in [-0.05, 0) is 6.07 Å². The number of hydrogen-bond acceptors (Lipinski definition) is 5. The average molecular weight is 325 g/mol. The smallest absolute Gasteiger partial charge is 0.360 e. The molecule has 1 heterocycles. The number of carbonyl (C=O) groups is 1. The standard InChI is InChI=1S/C12H13BrN4O2/c13-10-4-2-1-3-9(10)8-19-12(18)11-7-17(6-5-14)16-15-11/h1-4,7H,5-6,8,14H2. The van der Waals surface area contributed by atoms with Crippen molar-refractivity contribution < 1.29 is 9.53 Å². The topological polar surface area (TPSA) is 83.0 Å². The SMILES string of the molecule is NCCn1cc(C(=O)OCc2ccccc2Br)nn1. The molecule has 6 nitrogen and oxygen atoms in total. The van der Waals surface area contributed by atoms with E-state index in [1.165, 1.54) is 10.9 Å². The molecule has 0 atom stereocenters. The number of nitrogens with two attached hydrogens (primary N) is 1. The maximum atomic E-state index is 11.8. The third kappa shape index (κ3) is 3.62. The van der Waals surface area contributed by atoms with Crippen LogP contribution < -0.4 is 5.73 Å². The first kappa shape index (κ1) is 13.7. The lowest BCUT2D eigenvalue weighted by Crippen LogP contribution is -2.10. The van der Waals surface area contributed by atoms with Crippen LogP contribution in [-0.2, 0) is 17.9 Å². The molecule has 2 N–H and O–H groups in total. The van der Waals surface area contributed by atoms with Gasteiger partial charge >= 0.3 is 5.97 Å². The summed E-state index contributed by atoms with van der Waals surface area (Å²) >= 11 is 3.39. The molecule has 0 aliphatic heterocycles. The van der Waals surface area contributed by atoms with E-state index in [1.54, 1.807) is 0 Å². The monoisotopic (exact) mass is 324 g/mol. The summed E-state index contributed by atoms with van der Waals surface area (Å²) in [4.78, 5) is 11.8. The van der Waals surface area contributed by atoms with Gasteiger partial charge in [0.2, 0.25) is 0 Å². The number of benzene rings is 1. The molecule has 0 saturated heterocycles. The Labute approximate surface area is 118 Å². The molecule has 2 aromatic rings. The van der Waals surface area contributed by atoms with Gasteiger partial charge in [0, 0.05) is 16.6 Å². The van der Waals surface area contributed by atoms with Crippen molar-refractivity contribution in [3.63, 3.8) is 0 Å². The van der Waals surface area contributed by atoms with Crippen LogP contribution in [0.4, 0.5) is 0 Å². The van der Waals surface area contributed by atoms with Crippen molar-refractivity contribution >= 4 is 21.9 Å². The first-order valence-corrected chi connectivity index (χ1v) is 6.50. The molecule has 0 bridgehead atoms. The number of nitrogens with zero attached hydrogens (tertiary/aromatic N) is 3. The Balaban J connectivity index is 1.95. The Kier molecular flexibility index (Phi) is 4.64. The summed E-state index contributed by atoms with van der Waals surface area (Å²) in [6, 6.07) is 7.54. The van der Waals surface area contributed by atoms with Gasteiger partial charge in [-0.15, -0.1) is 5.10 Å². The number of hydrogen-bond donors (Lipinski definition) is 1. The largest absolute Gasteiger partial charge is 0.456 e. The van der Waals surface area contributed by atoms with Gasteiger partial charge in [-0.2, -0.15) is 0 Å². The maximum absolute atomic E-state index is 11.8. The van der Waals surface area contributed by atoms with Crippen LogP contribution in [0.5, 0.6) is 0 Å². The lowest BCUT2D eigenvalue weighted by Gasteiger charge is -2.04. The minimum absolute atomic E-state index is 0.181. The van der Waals surface area contributed by atoms with E-state index in [9.17, 15) is 4.79 Å². The van der Waals surface area contributed by atoms with Gasteiger partial charge in [0.25, 0.3) is 0 Å². The van der Waals surface area contributed by atoms with Crippen molar-refractivity contribution in [2.75, 3.05) is 6.54 Å². The van der Waals surface area contributed by atoms with E-state index in [4.69, 9.17) is 10.5 Å². The zero-order valence-electron chi connectivity index (χ0n) is 10.1. The first-order chi connectivity index (χ1) is 9.20. The van der Waals surface area contributed by atoms with Gasteiger partial charge in [-0.1, -0.05) is 39.3 Å². The Hall–Kier alpha value is -1.73. The van der Waals surface area contributed by atoms with Crippen LogP contribution in [0.2, 0.25) is 0 Å². The minimum atomic E-state index is -0.501. The van der Waals surface area contributed by atoms with Crippen molar-refractivity contribution in [3.05, 3.63) is 46.2 Å². The number of ether oxygens (including phenoxy) is 1. The molecule has 0 unspecified atom stereocenters. The van der Waals surface area contributed by atoms with Crippen LogP contribution in [-0.4, -0.2) is 27.5 Å². The van der Waals surface area contributed by atoms with Crippen LogP contribution in [0.15, 0.2) is 34.9 Å². The highest BCUT2D eigenvalue weighted by Crippen LogP contribution is 2.17. The quantitative estimate of drug-likeness (QED) is 0.839. The second kappa shape index (κ2) is 6.44. The fourth-order valence-electron chi connectivity index (χ4n) is 1.47. The van der Waals surface area contributed by atoms with E-state index >= 15 is 0 Å². The van der Waals surface area contributed by atoms with Gasteiger partial charge < -0.3 is 10.5 Å². The van der Waals surface area contributed by atoms with Crippen LogP contribution in [0.25, 0.3) is 0 Å². The van der Waals surface area contributed by atoms with Crippen LogP contribution in [0.1, 0.15) is 16.1 Å². The second-order valence-electron chi connectivity index (χ2n) is 3.82. The second-order valence-corrected chi connectivity index (χ2v) is 4.68. The molecule has 1 aromatic carbocycles. The lowest BCUT2D eigenvalue weighted by molar-refractivity contribution is 0.0465.